The smallest absolute Gasteiger partial charge is 0.273 e. The number of aromatic nitrogens is 1. The molecule has 0 unspecified atom stereocenters. The first kappa shape index (κ1) is 12.9. The van der Waals surface area contributed by atoms with Crippen LogP contribution >= 0.6 is 0 Å². The van der Waals surface area contributed by atoms with E-state index < -0.39 is 0 Å². The van der Waals surface area contributed by atoms with Gasteiger partial charge in [0.05, 0.1) is 12.8 Å². The fourth-order valence-electron chi connectivity index (χ4n) is 1.99. The first-order valence-electron chi connectivity index (χ1n) is 5.86. The number of ether oxygens (including phenoxy) is 1. The van der Waals surface area contributed by atoms with Crippen molar-refractivity contribution in [3.63, 3.8) is 0 Å². The van der Waals surface area contributed by atoms with Crippen LogP contribution in [0.3, 0.4) is 0 Å². The predicted molar refractivity (Wildman–Crippen MR) is 72.8 cm³/mol. The number of benzene rings is 1. The summed E-state index contributed by atoms with van der Waals surface area (Å²) in [5, 5.41) is 8.97. The number of hydrogen-bond donors (Lipinski definition) is 0. The number of rotatable bonds is 2. The van der Waals surface area contributed by atoms with Gasteiger partial charge >= 0.3 is 0 Å². The zero-order valence-corrected chi connectivity index (χ0v) is 11.1. The van der Waals surface area contributed by atoms with E-state index in [4.69, 9.17) is 10.00 Å². The molecular formula is C15H14N2O2. The zero-order valence-electron chi connectivity index (χ0n) is 11.1. The first-order valence-corrected chi connectivity index (χ1v) is 5.86. The molecule has 0 aliphatic rings. The third kappa shape index (κ3) is 2.23. The molecule has 0 aliphatic heterocycles. The largest absolute Gasteiger partial charge is 0.495 e. The average molecular weight is 254 g/mol. The lowest BCUT2D eigenvalue weighted by Crippen LogP contribution is -2.23. The summed E-state index contributed by atoms with van der Waals surface area (Å²) in [6.45, 7) is 3.77. The maximum Gasteiger partial charge on any atom is 0.273 e. The van der Waals surface area contributed by atoms with E-state index in [0.717, 1.165) is 11.3 Å². The van der Waals surface area contributed by atoms with Crippen molar-refractivity contribution in [1.29, 1.82) is 5.26 Å². The maximum atomic E-state index is 12.3. The number of aryl methyl sites for hydroxylation is 2. The zero-order chi connectivity index (χ0) is 14.0. The Kier molecular flexibility index (Phi) is 3.39. The second-order valence-electron chi connectivity index (χ2n) is 4.32. The molecule has 0 aliphatic carbocycles. The van der Waals surface area contributed by atoms with E-state index in [-0.39, 0.29) is 11.1 Å². The van der Waals surface area contributed by atoms with E-state index >= 15 is 0 Å². The summed E-state index contributed by atoms with van der Waals surface area (Å²) >= 11 is 0. The van der Waals surface area contributed by atoms with Crippen LogP contribution in [0.2, 0.25) is 0 Å². The molecule has 0 N–H and O–H groups in total. The van der Waals surface area contributed by atoms with Crippen molar-refractivity contribution >= 4 is 0 Å². The fraction of sp³-hybridized carbons (Fsp3) is 0.200. The van der Waals surface area contributed by atoms with Crippen LogP contribution in [-0.4, -0.2) is 11.7 Å². The molecule has 96 valence electrons. The normalized spacial score (nSPS) is 10.0. The van der Waals surface area contributed by atoms with Gasteiger partial charge in [0.15, 0.2) is 0 Å². The second-order valence-corrected chi connectivity index (χ2v) is 4.32. The minimum Gasteiger partial charge on any atom is -0.495 e. The summed E-state index contributed by atoms with van der Waals surface area (Å²) in [4.78, 5) is 12.3. The highest BCUT2D eigenvalue weighted by Crippen LogP contribution is 2.23. The molecule has 2 rings (SSSR count). The standard InChI is InChI=1S/C15H14N2O2/c1-10-4-7-14(19-3)13(8-10)17-11(2)5-6-12(9-16)15(17)18/h4-8H,1-3H3. The van der Waals surface area contributed by atoms with E-state index in [2.05, 4.69) is 0 Å². The monoisotopic (exact) mass is 254 g/mol. The highest BCUT2D eigenvalue weighted by molar-refractivity contribution is 5.51. The van der Waals surface area contributed by atoms with Crippen molar-refractivity contribution in [2.45, 2.75) is 13.8 Å². The van der Waals surface area contributed by atoms with Gasteiger partial charge in [-0.05, 0) is 43.7 Å². The summed E-state index contributed by atoms with van der Waals surface area (Å²) in [7, 11) is 1.56. The summed E-state index contributed by atoms with van der Waals surface area (Å²) in [6, 6.07) is 10.8. The average Bonchev–Trinajstić information content (AvgIpc) is 2.39. The van der Waals surface area contributed by atoms with Gasteiger partial charge in [-0.25, -0.2) is 0 Å². The van der Waals surface area contributed by atoms with Gasteiger partial charge in [0.1, 0.15) is 17.4 Å². The molecule has 0 saturated carbocycles. The van der Waals surface area contributed by atoms with Gasteiger partial charge in [0.2, 0.25) is 0 Å². The molecule has 0 atom stereocenters. The van der Waals surface area contributed by atoms with Crippen LogP contribution in [0.15, 0.2) is 35.1 Å². The Bertz CT molecular complexity index is 724. The lowest BCUT2D eigenvalue weighted by molar-refractivity contribution is 0.412. The third-order valence-corrected chi connectivity index (χ3v) is 2.97. The van der Waals surface area contributed by atoms with Gasteiger partial charge in [-0.1, -0.05) is 6.07 Å². The molecular weight excluding hydrogens is 240 g/mol. The van der Waals surface area contributed by atoms with Crippen molar-refractivity contribution in [2.75, 3.05) is 7.11 Å². The molecule has 1 heterocycles. The van der Waals surface area contributed by atoms with Crippen molar-refractivity contribution in [3.8, 4) is 17.5 Å². The van der Waals surface area contributed by atoms with Crippen molar-refractivity contribution in [2.24, 2.45) is 0 Å². The number of hydrogen-bond acceptors (Lipinski definition) is 3. The fourth-order valence-corrected chi connectivity index (χ4v) is 1.99. The van der Waals surface area contributed by atoms with E-state index in [0.29, 0.717) is 11.4 Å². The molecule has 0 radical (unpaired) electrons. The molecule has 4 heteroatoms. The molecule has 0 fully saturated rings. The van der Waals surface area contributed by atoms with E-state index in [1.165, 1.54) is 10.6 Å². The van der Waals surface area contributed by atoms with Crippen LogP contribution in [0.1, 0.15) is 16.8 Å². The van der Waals surface area contributed by atoms with Gasteiger partial charge in [-0.2, -0.15) is 5.26 Å². The minimum absolute atomic E-state index is 0.120. The van der Waals surface area contributed by atoms with E-state index in [1.807, 2.05) is 38.1 Å². The van der Waals surface area contributed by atoms with Crippen molar-refractivity contribution < 1.29 is 4.74 Å². The Morgan fingerprint density at radius 3 is 2.58 bits per heavy atom. The Hall–Kier alpha value is -2.54. The van der Waals surface area contributed by atoms with Crippen molar-refractivity contribution in [1.82, 2.24) is 4.57 Å². The molecule has 19 heavy (non-hydrogen) atoms. The molecule has 0 spiro atoms. The Morgan fingerprint density at radius 2 is 1.95 bits per heavy atom. The minimum atomic E-state index is -0.327. The first-order chi connectivity index (χ1) is 9.08. The number of nitrogens with zero attached hydrogens (tertiary/aromatic N) is 2. The lowest BCUT2D eigenvalue weighted by atomic mass is 10.1. The highest BCUT2D eigenvalue weighted by atomic mass is 16.5. The Balaban J connectivity index is 2.83. The van der Waals surface area contributed by atoms with Gasteiger partial charge in [-0.3, -0.25) is 9.36 Å². The molecule has 1 aromatic heterocycles. The maximum absolute atomic E-state index is 12.3. The topological polar surface area (TPSA) is 55.0 Å². The molecule has 0 bridgehead atoms. The number of pyridine rings is 1. The van der Waals surface area contributed by atoms with Crippen LogP contribution in [0.4, 0.5) is 0 Å². The molecule has 0 saturated heterocycles. The van der Waals surface area contributed by atoms with Crippen LogP contribution in [0.5, 0.6) is 5.75 Å². The Labute approximate surface area is 111 Å². The van der Waals surface area contributed by atoms with Gasteiger partial charge in [-0.15, -0.1) is 0 Å². The van der Waals surface area contributed by atoms with Crippen LogP contribution in [-0.2, 0) is 0 Å². The van der Waals surface area contributed by atoms with Gasteiger partial charge in [0.25, 0.3) is 5.56 Å². The van der Waals surface area contributed by atoms with E-state index in [1.54, 1.807) is 13.2 Å². The second kappa shape index (κ2) is 4.99. The lowest BCUT2D eigenvalue weighted by Gasteiger charge is -2.14. The summed E-state index contributed by atoms with van der Waals surface area (Å²) in [6.07, 6.45) is 0. The summed E-state index contributed by atoms with van der Waals surface area (Å²) < 4.78 is 6.80. The van der Waals surface area contributed by atoms with Crippen LogP contribution in [0, 0.1) is 25.2 Å². The molecule has 4 nitrogen and oxygen atoms in total. The van der Waals surface area contributed by atoms with Crippen LogP contribution < -0.4 is 10.3 Å². The summed E-state index contributed by atoms with van der Waals surface area (Å²) in [5.74, 6) is 0.603. The van der Waals surface area contributed by atoms with Gasteiger partial charge in [0, 0.05) is 5.69 Å². The van der Waals surface area contributed by atoms with E-state index in [9.17, 15) is 4.79 Å². The third-order valence-electron chi connectivity index (χ3n) is 2.97. The molecule has 2 aromatic rings. The summed E-state index contributed by atoms with van der Waals surface area (Å²) in [5.41, 5.74) is 2.22. The van der Waals surface area contributed by atoms with Gasteiger partial charge < -0.3 is 4.74 Å². The quantitative estimate of drug-likeness (QED) is 0.826. The van der Waals surface area contributed by atoms with Crippen molar-refractivity contribution in [3.05, 3.63) is 57.5 Å². The molecule has 0 amide bonds. The SMILES string of the molecule is COc1ccc(C)cc1-n1c(C)ccc(C#N)c1=O. The highest BCUT2D eigenvalue weighted by Gasteiger charge is 2.12. The number of nitriles is 1. The van der Waals surface area contributed by atoms with Crippen LogP contribution in [0.25, 0.3) is 5.69 Å². The number of methoxy groups -OCH3 is 1. The predicted octanol–water partition coefficient (Wildman–Crippen LogP) is 2.33. The Morgan fingerprint density at radius 1 is 1.21 bits per heavy atom. The molecule has 1 aromatic carbocycles.